The first kappa shape index (κ1) is 22.4. The van der Waals surface area contributed by atoms with Crippen molar-refractivity contribution in [1.82, 2.24) is 9.78 Å². The summed E-state index contributed by atoms with van der Waals surface area (Å²) in [7, 11) is 1.26. The Morgan fingerprint density at radius 1 is 1.11 bits per heavy atom. The van der Waals surface area contributed by atoms with Crippen LogP contribution in [-0.4, -0.2) is 28.0 Å². The number of hydrogen-bond acceptors (Lipinski definition) is 7. The number of H-pyrrole nitrogens is 1. The zero-order valence-corrected chi connectivity index (χ0v) is 19.4. The van der Waals surface area contributed by atoms with Crippen LogP contribution in [0.25, 0.3) is 16.8 Å². The molecule has 35 heavy (non-hydrogen) atoms. The number of fused-ring (bicyclic) bond motifs is 1. The number of ether oxygens (including phenoxy) is 1. The van der Waals surface area contributed by atoms with Crippen LogP contribution in [0.15, 0.2) is 68.2 Å². The van der Waals surface area contributed by atoms with Gasteiger partial charge < -0.3 is 14.3 Å². The number of rotatable bonds is 5. The van der Waals surface area contributed by atoms with Gasteiger partial charge in [0.05, 0.1) is 24.8 Å². The number of furan rings is 1. The second kappa shape index (κ2) is 9.09. The molecule has 2 aromatic heterocycles. The predicted molar refractivity (Wildman–Crippen MR) is 129 cm³/mol. The molecular formula is C26H24N4O5. The van der Waals surface area contributed by atoms with Crippen LogP contribution in [0.5, 0.6) is 5.75 Å². The van der Waals surface area contributed by atoms with Gasteiger partial charge in [0.1, 0.15) is 5.69 Å². The Labute approximate surface area is 200 Å². The Kier molecular flexibility index (Phi) is 5.82. The van der Waals surface area contributed by atoms with Crippen molar-refractivity contribution in [3.8, 4) is 22.6 Å². The lowest BCUT2D eigenvalue weighted by Crippen LogP contribution is -2.15. The van der Waals surface area contributed by atoms with Crippen molar-refractivity contribution < 1.29 is 19.1 Å². The number of nitrogens with one attached hydrogen (secondary N) is 1. The van der Waals surface area contributed by atoms with Gasteiger partial charge in [0.2, 0.25) is 5.76 Å². The van der Waals surface area contributed by atoms with E-state index in [1.807, 2.05) is 6.07 Å². The van der Waals surface area contributed by atoms with Crippen molar-refractivity contribution in [2.75, 3.05) is 7.11 Å². The Bertz CT molecular complexity index is 1510. The molecule has 178 valence electrons. The fourth-order valence-corrected chi connectivity index (χ4v) is 4.33. The van der Waals surface area contributed by atoms with Crippen LogP contribution in [0.2, 0.25) is 0 Å². The second-order valence-electron chi connectivity index (χ2n) is 8.45. The minimum absolute atomic E-state index is 0.0135. The van der Waals surface area contributed by atoms with E-state index in [1.54, 1.807) is 25.1 Å². The van der Waals surface area contributed by atoms with Crippen molar-refractivity contribution >= 4 is 17.3 Å². The molecule has 0 atom stereocenters. The van der Waals surface area contributed by atoms with Crippen molar-refractivity contribution in [3.05, 3.63) is 81.7 Å². The summed E-state index contributed by atoms with van der Waals surface area (Å²) in [5.74, 6) is -0.763. The maximum atomic E-state index is 13.1. The number of esters is 1. The van der Waals surface area contributed by atoms with Crippen LogP contribution in [0.4, 0.5) is 11.4 Å². The van der Waals surface area contributed by atoms with Gasteiger partial charge in [-0.05, 0) is 68.0 Å². The molecule has 0 radical (unpaired) electrons. The van der Waals surface area contributed by atoms with Crippen molar-refractivity contribution in [2.24, 2.45) is 10.2 Å². The molecule has 0 unspecified atom stereocenters. The van der Waals surface area contributed by atoms with E-state index in [0.29, 0.717) is 16.8 Å². The van der Waals surface area contributed by atoms with Gasteiger partial charge in [-0.15, -0.1) is 10.2 Å². The smallest absolute Gasteiger partial charge is 0.373 e. The van der Waals surface area contributed by atoms with Crippen molar-refractivity contribution in [2.45, 2.75) is 32.6 Å². The van der Waals surface area contributed by atoms with E-state index in [1.165, 1.54) is 41.7 Å². The Hall–Kier alpha value is -4.40. The number of aromatic nitrogens is 2. The number of carbonyl (C=O) groups excluding carboxylic acids is 1. The van der Waals surface area contributed by atoms with Crippen LogP contribution >= 0.6 is 0 Å². The highest BCUT2D eigenvalue weighted by molar-refractivity contribution is 5.89. The minimum Gasteiger partial charge on any atom is -0.505 e. The molecule has 0 aliphatic heterocycles. The first-order chi connectivity index (χ1) is 17.0. The van der Waals surface area contributed by atoms with Gasteiger partial charge in [-0.25, -0.2) is 9.48 Å². The van der Waals surface area contributed by atoms with Crippen LogP contribution in [-0.2, 0) is 17.6 Å². The van der Waals surface area contributed by atoms with Gasteiger partial charge in [-0.3, -0.25) is 9.89 Å². The zero-order chi connectivity index (χ0) is 24.5. The number of methoxy groups -OCH3 is 1. The van der Waals surface area contributed by atoms with Crippen LogP contribution < -0.4 is 5.56 Å². The molecule has 0 saturated carbocycles. The quantitative estimate of drug-likeness (QED) is 0.292. The lowest BCUT2D eigenvalue weighted by atomic mass is 9.91. The Morgan fingerprint density at radius 3 is 2.71 bits per heavy atom. The van der Waals surface area contributed by atoms with E-state index in [2.05, 4.69) is 32.2 Å². The zero-order valence-electron chi connectivity index (χ0n) is 19.4. The standard InChI is InChI=1S/C26H24N4O5/c1-15-23(25(32)30(29-15)19-11-10-16-6-3-4-7-17(16)12-19)28-27-21-9-5-8-20(24(21)31)18-13-22(35-14-18)26(33)34-2/h5,8-14,29,31H,3-4,6-7H2,1-2H3. The van der Waals surface area contributed by atoms with Crippen LogP contribution in [0.1, 0.15) is 40.2 Å². The fraction of sp³-hybridized carbons (Fsp3) is 0.231. The molecule has 5 rings (SSSR count). The molecule has 0 amide bonds. The highest BCUT2D eigenvalue weighted by Crippen LogP contribution is 2.38. The number of phenolic OH excluding ortho intramolecular Hbond substituents is 1. The second-order valence-corrected chi connectivity index (χ2v) is 8.45. The van der Waals surface area contributed by atoms with E-state index in [9.17, 15) is 14.7 Å². The summed E-state index contributed by atoms with van der Waals surface area (Å²) in [6.45, 7) is 1.75. The van der Waals surface area contributed by atoms with E-state index < -0.39 is 5.97 Å². The summed E-state index contributed by atoms with van der Waals surface area (Å²) in [5, 5.41) is 22.1. The summed E-state index contributed by atoms with van der Waals surface area (Å²) in [4.78, 5) is 24.8. The summed E-state index contributed by atoms with van der Waals surface area (Å²) in [6, 6.07) is 12.5. The van der Waals surface area contributed by atoms with E-state index in [0.717, 1.165) is 24.9 Å². The minimum atomic E-state index is -0.621. The molecule has 0 spiro atoms. The highest BCUT2D eigenvalue weighted by atomic mass is 16.5. The summed E-state index contributed by atoms with van der Waals surface area (Å²) < 4.78 is 11.3. The molecule has 2 N–H and O–H groups in total. The van der Waals surface area contributed by atoms with Crippen LogP contribution in [0, 0.1) is 6.92 Å². The molecule has 9 nitrogen and oxygen atoms in total. The molecule has 0 saturated heterocycles. The van der Waals surface area contributed by atoms with E-state index in [4.69, 9.17) is 4.42 Å². The number of hydrogen-bond donors (Lipinski definition) is 2. The molecule has 0 fully saturated rings. The molecule has 2 heterocycles. The number of phenols is 1. The third kappa shape index (κ3) is 4.16. The maximum absolute atomic E-state index is 13.1. The number of azo groups is 1. The average Bonchev–Trinajstić information content (AvgIpc) is 3.47. The van der Waals surface area contributed by atoms with E-state index >= 15 is 0 Å². The largest absolute Gasteiger partial charge is 0.505 e. The molecule has 0 bridgehead atoms. The number of para-hydroxylation sites is 1. The number of aryl methyl sites for hydroxylation is 3. The molecule has 1 aliphatic rings. The lowest BCUT2D eigenvalue weighted by molar-refractivity contribution is 0.0565. The van der Waals surface area contributed by atoms with Crippen LogP contribution in [0.3, 0.4) is 0 Å². The summed E-state index contributed by atoms with van der Waals surface area (Å²) in [6.07, 6.45) is 5.77. The Balaban J connectivity index is 1.46. The number of carbonyl (C=O) groups is 1. The monoisotopic (exact) mass is 472 g/mol. The third-order valence-electron chi connectivity index (χ3n) is 6.20. The van der Waals surface area contributed by atoms with Gasteiger partial charge in [0, 0.05) is 11.1 Å². The van der Waals surface area contributed by atoms with Gasteiger partial charge in [0.25, 0.3) is 5.56 Å². The van der Waals surface area contributed by atoms with Gasteiger partial charge in [0.15, 0.2) is 11.4 Å². The molecule has 4 aromatic rings. The maximum Gasteiger partial charge on any atom is 0.373 e. The number of benzene rings is 2. The first-order valence-electron chi connectivity index (χ1n) is 11.3. The van der Waals surface area contributed by atoms with Gasteiger partial charge >= 0.3 is 5.97 Å². The van der Waals surface area contributed by atoms with Gasteiger partial charge in [-0.1, -0.05) is 18.2 Å². The molecule has 2 aromatic carbocycles. The first-order valence-corrected chi connectivity index (χ1v) is 11.3. The Morgan fingerprint density at radius 2 is 1.91 bits per heavy atom. The highest BCUT2D eigenvalue weighted by Gasteiger charge is 2.18. The summed E-state index contributed by atoms with van der Waals surface area (Å²) >= 11 is 0. The topological polar surface area (TPSA) is 122 Å². The number of aromatic hydroxyl groups is 1. The lowest BCUT2D eigenvalue weighted by Gasteiger charge is -2.16. The van der Waals surface area contributed by atoms with Crippen molar-refractivity contribution in [1.29, 1.82) is 0 Å². The fourth-order valence-electron chi connectivity index (χ4n) is 4.33. The SMILES string of the molecule is COC(=O)c1cc(-c2cccc(N=Nc3c(C)[nH]n(-c4ccc5c(c4)CCCC5)c3=O)c2O)co1. The number of nitrogens with zero attached hydrogens (tertiary/aromatic N) is 3. The number of aromatic amines is 1. The predicted octanol–water partition coefficient (Wildman–Crippen LogP) is 5.52. The van der Waals surface area contributed by atoms with Crippen molar-refractivity contribution in [3.63, 3.8) is 0 Å². The third-order valence-corrected chi connectivity index (χ3v) is 6.20. The molecular weight excluding hydrogens is 448 g/mol. The molecule has 9 heteroatoms. The average molecular weight is 473 g/mol. The van der Waals surface area contributed by atoms with E-state index in [-0.39, 0.29) is 28.4 Å². The summed E-state index contributed by atoms with van der Waals surface area (Å²) in [5.41, 5.74) is 4.80. The molecule has 1 aliphatic carbocycles. The van der Waals surface area contributed by atoms with Gasteiger partial charge in [-0.2, -0.15) is 0 Å². The normalized spacial score (nSPS) is 13.2.